The summed E-state index contributed by atoms with van der Waals surface area (Å²) in [4.78, 5) is 13.7. The first-order valence-electron chi connectivity index (χ1n) is 18.6. The van der Waals surface area contributed by atoms with Crippen molar-refractivity contribution < 1.29 is 0 Å². The number of nitrogens with zero attached hydrogens (tertiary/aromatic N) is 4. The van der Waals surface area contributed by atoms with Gasteiger partial charge in [0.05, 0.1) is 6.20 Å². The van der Waals surface area contributed by atoms with Gasteiger partial charge in [-0.05, 0) is 107 Å². The average molecular weight is 701 g/mol. The Morgan fingerprint density at radius 3 is 1.60 bits per heavy atom. The Morgan fingerprint density at radius 1 is 0.382 bits per heavy atom. The summed E-state index contributed by atoms with van der Waals surface area (Å²) in [7, 11) is 0. The molecule has 0 bridgehead atoms. The molecule has 0 aliphatic carbocycles. The van der Waals surface area contributed by atoms with Crippen LogP contribution in [-0.4, -0.2) is 19.5 Å². The lowest BCUT2D eigenvalue weighted by Gasteiger charge is -2.19. The van der Waals surface area contributed by atoms with E-state index in [-0.39, 0.29) is 0 Å². The van der Waals surface area contributed by atoms with Gasteiger partial charge in [0.1, 0.15) is 17.7 Å². The summed E-state index contributed by atoms with van der Waals surface area (Å²) in [6.45, 7) is 0. The van der Waals surface area contributed by atoms with Crippen molar-refractivity contribution in [2.24, 2.45) is 0 Å². The Kier molecular flexibility index (Phi) is 7.14. The van der Waals surface area contributed by atoms with Crippen molar-refractivity contribution in [3.05, 3.63) is 195 Å². The highest BCUT2D eigenvalue weighted by atomic mass is 15.1. The first kappa shape index (κ1) is 31.1. The number of hydrogen-bond acceptors (Lipinski definition) is 3. The number of aromatic nitrogens is 4. The summed E-state index contributed by atoms with van der Waals surface area (Å²) in [6, 6.07) is 65.9. The van der Waals surface area contributed by atoms with E-state index < -0.39 is 0 Å². The molecular weight excluding hydrogens is 669 g/mol. The Labute approximate surface area is 317 Å². The Bertz CT molecular complexity index is 3250. The number of fused-ring (bicyclic) bond motifs is 5. The van der Waals surface area contributed by atoms with E-state index in [0.717, 1.165) is 33.7 Å². The summed E-state index contributed by atoms with van der Waals surface area (Å²) >= 11 is 0. The van der Waals surface area contributed by atoms with Crippen LogP contribution in [0.25, 0.3) is 105 Å². The van der Waals surface area contributed by atoms with Crippen molar-refractivity contribution in [1.82, 2.24) is 19.5 Å². The van der Waals surface area contributed by atoms with E-state index in [2.05, 4.69) is 178 Å². The molecule has 9 aromatic carbocycles. The van der Waals surface area contributed by atoms with Crippen molar-refractivity contribution in [3.8, 4) is 50.5 Å². The minimum atomic E-state index is 0.670. The molecule has 0 saturated heterocycles. The molecule has 55 heavy (non-hydrogen) atoms. The molecule has 11 aromatic rings. The van der Waals surface area contributed by atoms with Crippen molar-refractivity contribution in [1.29, 1.82) is 0 Å². The van der Waals surface area contributed by atoms with Gasteiger partial charge in [0, 0.05) is 11.3 Å². The SMILES string of the molecule is c1ccc(-c2nc3ncncc3n2-c2ccc(-c3ccc4c(-c5ccc6ccccc6c5)c5ccccc5c(-c5ccc6ccccc6c5)c4c3)cc2)cc1. The van der Waals surface area contributed by atoms with Crippen LogP contribution in [0.4, 0.5) is 0 Å². The monoisotopic (exact) mass is 700 g/mol. The summed E-state index contributed by atoms with van der Waals surface area (Å²) < 4.78 is 2.15. The van der Waals surface area contributed by atoms with Gasteiger partial charge < -0.3 is 0 Å². The zero-order valence-electron chi connectivity index (χ0n) is 29.8. The maximum Gasteiger partial charge on any atom is 0.181 e. The molecule has 0 fully saturated rings. The van der Waals surface area contributed by atoms with Crippen LogP contribution in [0, 0.1) is 0 Å². The Balaban J connectivity index is 1.13. The first-order chi connectivity index (χ1) is 27.3. The molecule has 0 unspecified atom stereocenters. The van der Waals surface area contributed by atoms with Crippen LogP contribution in [0.2, 0.25) is 0 Å². The molecule has 0 radical (unpaired) electrons. The van der Waals surface area contributed by atoms with Gasteiger partial charge >= 0.3 is 0 Å². The molecule has 2 heterocycles. The van der Waals surface area contributed by atoms with Gasteiger partial charge in [-0.25, -0.2) is 15.0 Å². The largest absolute Gasteiger partial charge is 0.289 e. The van der Waals surface area contributed by atoms with Crippen molar-refractivity contribution >= 4 is 54.3 Å². The fourth-order valence-electron chi connectivity index (χ4n) is 8.34. The second-order valence-corrected chi connectivity index (χ2v) is 14.1. The quantitative estimate of drug-likeness (QED) is 0.168. The predicted octanol–water partition coefficient (Wildman–Crippen LogP) is 13.1. The standard InChI is InChI=1S/C51H32N4/c1-2-12-36(13-3-1)51-54-50-47(31-52-32-53-50)55(51)42-25-22-35(23-26-42)39-24-27-45-46(30-39)49(41-21-19-34-11-5-7-15-38(34)29-41)44-17-9-8-16-43(44)48(45)40-20-18-33-10-4-6-14-37(33)28-40/h1-32H. The van der Waals surface area contributed by atoms with E-state index >= 15 is 0 Å². The van der Waals surface area contributed by atoms with Crippen LogP contribution in [0.1, 0.15) is 0 Å². The zero-order valence-corrected chi connectivity index (χ0v) is 29.8. The fraction of sp³-hybridized carbons (Fsp3) is 0. The number of benzene rings is 9. The van der Waals surface area contributed by atoms with Crippen LogP contribution in [0.15, 0.2) is 195 Å². The molecule has 2 aromatic heterocycles. The molecule has 0 saturated carbocycles. The second kappa shape index (κ2) is 12.6. The topological polar surface area (TPSA) is 43.6 Å². The molecule has 0 amide bonds. The maximum absolute atomic E-state index is 4.92. The highest BCUT2D eigenvalue weighted by Crippen LogP contribution is 2.46. The molecule has 0 aliphatic rings. The van der Waals surface area contributed by atoms with E-state index in [1.807, 2.05) is 24.4 Å². The molecule has 4 heteroatoms. The minimum absolute atomic E-state index is 0.670. The summed E-state index contributed by atoms with van der Waals surface area (Å²) in [6.07, 6.45) is 3.39. The minimum Gasteiger partial charge on any atom is -0.289 e. The molecular formula is C51H32N4. The summed E-state index contributed by atoms with van der Waals surface area (Å²) in [5, 5.41) is 9.89. The smallest absolute Gasteiger partial charge is 0.181 e. The van der Waals surface area contributed by atoms with Gasteiger partial charge in [-0.2, -0.15) is 0 Å². The molecule has 0 atom stereocenters. The van der Waals surface area contributed by atoms with Gasteiger partial charge in [-0.1, -0.05) is 152 Å². The van der Waals surface area contributed by atoms with E-state index in [0.29, 0.717) is 5.65 Å². The normalized spacial score (nSPS) is 11.6. The maximum atomic E-state index is 4.92. The van der Waals surface area contributed by atoms with Crippen molar-refractivity contribution in [2.75, 3.05) is 0 Å². The third-order valence-corrected chi connectivity index (χ3v) is 10.9. The van der Waals surface area contributed by atoms with Gasteiger partial charge in [-0.15, -0.1) is 0 Å². The lowest BCUT2D eigenvalue weighted by atomic mass is 9.84. The predicted molar refractivity (Wildman–Crippen MR) is 228 cm³/mol. The van der Waals surface area contributed by atoms with Gasteiger partial charge in [0.25, 0.3) is 0 Å². The van der Waals surface area contributed by atoms with Crippen LogP contribution in [0.3, 0.4) is 0 Å². The van der Waals surface area contributed by atoms with Crippen LogP contribution < -0.4 is 0 Å². The van der Waals surface area contributed by atoms with Crippen molar-refractivity contribution in [3.63, 3.8) is 0 Å². The highest BCUT2D eigenvalue weighted by Gasteiger charge is 2.19. The van der Waals surface area contributed by atoms with E-state index in [1.54, 1.807) is 6.33 Å². The number of imidazole rings is 1. The lowest BCUT2D eigenvalue weighted by Crippen LogP contribution is -1.98. The van der Waals surface area contributed by atoms with Gasteiger partial charge in [0.2, 0.25) is 0 Å². The number of hydrogen-bond donors (Lipinski definition) is 0. The lowest BCUT2D eigenvalue weighted by molar-refractivity contribution is 1.10. The molecule has 0 N–H and O–H groups in total. The Hall–Kier alpha value is -7.43. The second-order valence-electron chi connectivity index (χ2n) is 14.1. The average Bonchev–Trinajstić information content (AvgIpc) is 3.65. The molecule has 0 spiro atoms. The van der Waals surface area contributed by atoms with Crippen LogP contribution >= 0.6 is 0 Å². The summed E-state index contributed by atoms with van der Waals surface area (Å²) in [5.41, 5.74) is 10.8. The fourth-order valence-corrected chi connectivity index (χ4v) is 8.34. The van der Waals surface area contributed by atoms with E-state index in [4.69, 9.17) is 4.98 Å². The number of rotatable bonds is 5. The molecule has 11 rings (SSSR count). The highest BCUT2D eigenvalue weighted by molar-refractivity contribution is 6.22. The molecule has 0 aliphatic heterocycles. The Morgan fingerprint density at radius 2 is 0.927 bits per heavy atom. The molecule has 4 nitrogen and oxygen atoms in total. The third kappa shape index (κ3) is 5.19. The van der Waals surface area contributed by atoms with Crippen molar-refractivity contribution in [2.45, 2.75) is 0 Å². The van der Waals surface area contributed by atoms with Crippen LogP contribution in [0.5, 0.6) is 0 Å². The molecule has 256 valence electrons. The van der Waals surface area contributed by atoms with Gasteiger partial charge in [0.15, 0.2) is 5.65 Å². The van der Waals surface area contributed by atoms with E-state index in [1.165, 1.54) is 65.3 Å². The van der Waals surface area contributed by atoms with E-state index in [9.17, 15) is 0 Å². The zero-order chi connectivity index (χ0) is 36.3. The summed E-state index contributed by atoms with van der Waals surface area (Å²) in [5.74, 6) is 0.836. The van der Waals surface area contributed by atoms with Gasteiger partial charge in [-0.3, -0.25) is 4.57 Å². The third-order valence-electron chi connectivity index (χ3n) is 10.9. The first-order valence-corrected chi connectivity index (χ1v) is 18.6. The van der Waals surface area contributed by atoms with Crippen LogP contribution in [-0.2, 0) is 0 Å².